The van der Waals surface area contributed by atoms with E-state index < -0.39 is 0 Å². The third kappa shape index (κ3) is 6.61. The summed E-state index contributed by atoms with van der Waals surface area (Å²) in [6, 6.07) is 0. The molecule has 1 aliphatic heterocycles. The Kier molecular flexibility index (Phi) is 9.26. The van der Waals surface area contributed by atoms with Gasteiger partial charge in [0.1, 0.15) is 5.66 Å². The van der Waals surface area contributed by atoms with Crippen LogP contribution in [-0.2, 0) is 14.2 Å². The monoisotopic (exact) mass is 290 g/mol. The second-order valence-corrected chi connectivity index (χ2v) is 4.85. The van der Waals surface area contributed by atoms with Crippen molar-refractivity contribution >= 4 is 7.28 Å². The summed E-state index contributed by atoms with van der Waals surface area (Å²) >= 11 is 0. The number of allylic oxidation sites excluding steroid dienone is 4. The molecule has 0 amide bonds. The summed E-state index contributed by atoms with van der Waals surface area (Å²) in [4.78, 5) is 0. The zero-order valence-corrected chi connectivity index (χ0v) is 13.6. The summed E-state index contributed by atoms with van der Waals surface area (Å²) in [7, 11) is 0.718. The molecule has 21 heavy (non-hydrogen) atoms. The Labute approximate surface area is 129 Å². The predicted octanol–water partition coefficient (Wildman–Crippen LogP) is 3.84. The Balaban J connectivity index is 3.06. The summed E-state index contributed by atoms with van der Waals surface area (Å²) < 4.78 is 17.7. The van der Waals surface area contributed by atoms with Gasteiger partial charge in [-0.15, -0.1) is 5.98 Å². The quantitative estimate of drug-likeness (QED) is 0.604. The zero-order chi connectivity index (χ0) is 15.3. The fourth-order valence-electron chi connectivity index (χ4n) is 1.80. The summed E-state index contributed by atoms with van der Waals surface area (Å²) in [5, 5.41) is 0. The highest BCUT2D eigenvalue weighted by Gasteiger charge is 2.16. The standard InChI is InChI=1S/C17H27BO3/c1-4-12-19-15-10-8-7-9-11-18-17(21-14-6-3)16(15)20-13-5-2/h7-11,18H,4-6,12-14H2,1-3H3. The van der Waals surface area contributed by atoms with Gasteiger partial charge in [0.2, 0.25) is 7.28 Å². The summed E-state index contributed by atoms with van der Waals surface area (Å²) in [6.45, 7) is 8.32. The van der Waals surface area contributed by atoms with E-state index in [4.69, 9.17) is 14.2 Å². The van der Waals surface area contributed by atoms with Crippen molar-refractivity contribution in [1.82, 2.24) is 0 Å². The van der Waals surface area contributed by atoms with Crippen LogP contribution in [0.3, 0.4) is 0 Å². The molecule has 116 valence electrons. The minimum absolute atomic E-state index is 0.661. The summed E-state index contributed by atoms with van der Waals surface area (Å²) in [6.07, 6.45) is 10.8. The molecule has 0 unspecified atom stereocenters. The second-order valence-electron chi connectivity index (χ2n) is 4.85. The molecule has 1 aliphatic rings. The van der Waals surface area contributed by atoms with Crippen LogP contribution in [0.5, 0.6) is 0 Å². The van der Waals surface area contributed by atoms with Gasteiger partial charge in [-0.2, -0.15) is 0 Å². The molecule has 0 aromatic rings. The van der Waals surface area contributed by atoms with Crippen molar-refractivity contribution in [3.05, 3.63) is 47.5 Å². The van der Waals surface area contributed by atoms with E-state index >= 15 is 0 Å². The predicted molar refractivity (Wildman–Crippen MR) is 89.3 cm³/mol. The van der Waals surface area contributed by atoms with Crippen LogP contribution < -0.4 is 0 Å². The molecule has 0 N–H and O–H groups in total. The van der Waals surface area contributed by atoms with Gasteiger partial charge in [0.25, 0.3) is 0 Å². The van der Waals surface area contributed by atoms with Gasteiger partial charge in [-0.1, -0.05) is 39.0 Å². The molecule has 0 saturated carbocycles. The molecule has 0 aromatic heterocycles. The first-order valence-electron chi connectivity index (χ1n) is 7.98. The molecule has 0 spiro atoms. The van der Waals surface area contributed by atoms with Gasteiger partial charge in [-0.25, -0.2) is 0 Å². The molecule has 0 bridgehead atoms. The second kappa shape index (κ2) is 11.1. The van der Waals surface area contributed by atoms with E-state index in [9.17, 15) is 0 Å². The average Bonchev–Trinajstić information content (AvgIpc) is 2.59. The van der Waals surface area contributed by atoms with Crippen LogP contribution in [0.15, 0.2) is 47.5 Å². The third-order valence-electron chi connectivity index (χ3n) is 2.78. The molecule has 0 saturated heterocycles. The average molecular weight is 290 g/mol. The van der Waals surface area contributed by atoms with Gasteiger partial charge in [0.15, 0.2) is 11.5 Å². The molecule has 0 aromatic carbocycles. The van der Waals surface area contributed by atoms with E-state index in [2.05, 4.69) is 26.7 Å². The Morgan fingerprint density at radius 1 is 0.810 bits per heavy atom. The summed E-state index contributed by atoms with van der Waals surface area (Å²) in [5.74, 6) is 3.58. The van der Waals surface area contributed by atoms with E-state index in [1.54, 1.807) is 0 Å². The molecule has 0 atom stereocenters. The highest BCUT2D eigenvalue weighted by atomic mass is 16.5. The van der Waals surface area contributed by atoms with E-state index in [1.807, 2.05) is 24.3 Å². The molecule has 0 radical (unpaired) electrons. The van der Waals surface area contributed by atoms with Crippen molar-refractivity contribution in [2.75, 3.05) is 19.8 Å². The van der Waals surface area contributed by atoms with Crippen molar-refractivity contribution in [3.8, 4) is 0 Å². The lowest BCUT2D eigenvalue weighted by atomic mass is 9.75. The topological polar surface area (TPSA) is 27.7 Å². The normalized spacial score (nSPS) is 14.7. The molecular formula is C17H27BO3. The van der Waals surface area contributed by atoms with E-state index in [0.29, 0.717) is 19.8 Å². The molecule has 1 heterocycles. The van der Waals surface area contributed by atoms with Gasteiger partial charge >= 0.3 is 0 Å². The Bertz CT molecular complexity index is 408. The van der Waals surface area contributed by atoms with Crippen molar-refractivity contribution in [2.45, 2.75) is 40.0 Å². The van der Waals surface area contributed by atoms with Crippen molar-refractivity contribution in [1.29, 1.82) is 0 Å². The first-order valence-corrected chi connectivity index (χ1v) is 7.98. The number of ether oxygens (including phenoxy) is 3. The van der Waals surface area contributed by atoms with Crippen LogP contribution in [0.1, 0.15) is 40.0 Å². The maximum absolute atomic E-state index is 5.94. The highest BCUT2D eigenvalue weighted by molar-refractivity contribution is 6.50. The van der Waals surface area contributed by atoms with Crippen LogP contribution in [-0.4, -0.2) is 27.1 Å². The third-order valence-corrected chi connectivity index (χ3v) is 2.78. The Morgan fingerprint density at radius 2 is 1.48 bits per heavy atom. The molecule has 3 nitrogen and oxygen atoms in total. The number of hydrogen-bond donors (Lipinski definition) is 0. The van der Waals surface area contributed by atoms with Crippen LogP contribution in [0.4, 0.5) is 0 Å². The minimum Gasteiger partial charge on any atom is -0.504 e. The van der Waals surface area contributed by atoms with Gasteiger partial charge in [0, 0.05) is 0 Å². The van der Waals surface area contributed by atoms with Crippen LogP contribution in [0.25, 0.3) is 0 Å². The van der Waals surface area contributed by atoms with Crippen LogP contribution in [0.2, 0.25) is 0 Å². The van der Waals surface area contributed by atoms with Crippen LogP contribution in [0, 0.1) is 0 Å². The highest BCUT2D eigenvalue weighted by Crippen LogP contribution is 2.21. The first kappa shape index (κ1) is 17.5. The fraction of sp³-hybridized carbons (Fsp3) is 0.529. The van der Waals surface area contributed by atoms with Gasteiger partial charge < -0.3 is 14.2 Å². The molecule has 1 rings (SSSR count). The molecule has 0 fully saturated rings. The lowest BCUT2D eigenvalue weighted by molar-refractivity contribution is 0.129. The largest absolute Gasteiger partial charge is 0.504 e. The SMILES string of the molecule is CCCOC1=CC=CC=CBC(OCCC)=C1OCCC. The maximum Gasteiger partial charge on any atom is 0.234 e. The molecule has 0 aliphatic carbocycles. The first-order chi connectivity index (χ1) is 10.3. The van der Waals surface area contributed by atoms with E-state index in [-0.39, 0.29) is 0 Å². The fourth-order valence-corrected chi connectivity index (χ4v) is 1.80. The molecular weight excluding hydrogens is 263 g/mol. The zero-order valence-electron chi connectivity index (χ0n) is 13.6. The number of hydrogen-bond acceptors (Lipinski definition) is 3. The Hall–Kier alpha value is -1.58. The lowest BCUT2D eigenvalue weighted by Crippen LogP contribution is -2.12. The van der Waals surface area contributed by atoms with Crippen LogP contribution >= 0.6 is 0 Å². The number of rotatable bonds is 9. The lowest BCUT2D eigenvalue weighted by Gasteiger charge is -2.19. The van der Waals surface area contributed by atoms with Crippen molar-refractivity contribution in [2.24, 2.45) is 0 Å². The Morgan fingerprint density at radius 3 is 2.19 bits per heavy atom. The van der Waals surface area contributed by atoms with E-state index in [1.165, 1.54) is 0 Å². The van der Waals surface area contributed by atoms with Gasteiger partial charge in [0.05, 0.1) is 19.8 Å². The van der Waals surface area contributed by atoms with Gasteiger partial charge in [-0.3, -0.25) is 0 Å². The maximum atomic E-state index is 5.94. The smallest absolute Gasteiger partial charge is 0.234 e. The molecule has 4 heteroatoms. The van der Waals surface area contributed by atoms with Gasteiger partial charge in [-0.05, 0) is 25.3 Å². The minimum atomic E-state index is 0.661. The summed E-state index contributed by atoms with van der Waals surface area (Å²) in [5.41, 5.74) is 0.854. The van der Waals surface area contributed by atoms with Crippen molar-refractivity contribution in [3.63, 3.8) is 0 Å². The van der Waals surface area contributed by atoms with E-state index in [0.717, 1.165) is 43.7 Å². The van der Waals surface area contributed by atoms with Crippen molar-refractivity contribution < 1.29 is 14.2 Å².